The van der Waals surface area contributed by atoms with E-state index < -0.39 is 0 Å². The van der Waals surface area contributed by atoms with Crippen molar-refractivity contribution in [3.63, 3.8) is 0 Å². The molecule has 5 heteroatoms. The third-order valence-corrected chi connectivity index (χ3v) is 2.14. The molecular formula is C11H20N4O. The smallest absolute Gasteiger partial charge is 0.225 e. The molecular weight excluding hydrogens is 204 g/mol. The maximum atomic E-state index is 5.61. The third-order valence-electron chi connectivity index (χ3n) is 2.14. The van der Waals surface area contributed by atoms with Gasteiger partial charge in [-0.05, 0) is 27.4 Å². The van der Waals surface area contributed by atoms with Crippen LogP contribution in [0.4, 0.5) is 5.95 Å². The fourth-order valence-corrected chi connectivity index (χ4v) is 1.24. The minimum absolute atomic E-state index is 0.591. The summed E-state index contributed by atoms with van der Waals surface area (Å²) in [5.41, 5.74) is 0.962. The van der Waals surface area contributed by atoms with Gasteiger partial charge in [0, 0.05) is 25.4 Å². The molecule has 0 saturated heterocycles. The van der Waals surface area contributed by atoms with Crippen molar-refractivity contribution in [2.75, 3.05) is 39.6 Å². The molecule has 0 fully saturated rings. The Morgan fingerprint density at radius 1 is 1.44 bits per heavy atom. The lowest BCUT2D eigenvalue weighted by atomic mass is 10.4. The van der Waals surface area contributed by atoms with Gasteiger partial charge in [-0.25, -0.2) is 4.98 Å². The molecule has 1 aromatic rings. The van der Waals surface area contributed by atoms with Crippen molar-refractivity contribution in [2.24, 2.45) is 0 Å². The summed E-state index contributed by atoms with van der Waals surface area (Å²) in [7, 11) is 5.89. The Hall–Kier alpha value is -1.36. The fraction of sp³-hybridized carbons (Fsp3) is 0.636. The first-order chi connectivity index (χ1) is 7.63. The summed E-state index contributed by atoms with van der Waals surface area (Å²) in [6.45, 7) is 3.64. The molecule has 16 heavy (non-hydrogen) atoms. The maximum Gasteiger partial charge on any atom is 0.225 e. The van der Waals surface area contributed by atoms with Crippen molar-refractivity contribution in [1.29, 1.82) is 0 Å². The van der Waals surface area contributed by atoms with E-state index in [1.165, 1.54) is 0 Å². The van der Waals surface area contributed by atoms with E-state index in [1.807, 2.05) is 6.92 Å². The first-order valence-corrected chi connectivity index (χ1v) is 5.42. The van der Waals surface area contributed by atoms with Crippen LogP contribution in [-0.2, 0) is 0 Å². The van der Waals surface area contributed by atoms with Crippen LogP contribution in [0, 0.1) is 6.92 Å². The Labute approximate surface area is 96.8 Å². The summed E-state index contributed by atoms with van der Waals surface area (Å²) in [6, 6.07) is 0. The summed E-state index contributed by atoms with van der Waals surface area (Å²) < 4.78 is 5.61. The highest BCUT2D eigenvalue weighted by Gasteiger charge is 2.03. The summed E-state index contributed by atoms with van der Waals surface area (Å²) in [5, 5.41) is 2.89. The number of rotatable bonds is 6. The summed E-state index contributed by atoms with van der Waals surface area (Å²) in [6.07, 6.45) is 2.76. The van der Waals surface area contributed by atoms with Crippen LogP contribution in [0.15, 0.2) is 6.20 Å². The van der Waals surface area contributed by atoms with Crippen LogP contribution in [0.1, 0.15) is 12.0 Å². The Balaban J connectivity index is 2.46. The number of nitrogens with zero attached hydrogens (tertiary/aromatic N) is 3. The average Bonchev–Trinajstić information content (AvgIpc) is 2.26. The second kappa shape index (κ2) is 6.27. The van der Waals surface area contributed by atoms with Crippen LogP contribution in [0.2, 0.25) is 0 Å². The van der Waals surface area contributed by atoms with E-state index in [2.05, 4.69) is 34.3 Å². The molecule has 1 N–H and O–H groups in total. The molecule has 90 valence electrons. The molecule has 0 spiro atoms. The summed E-state index contributed by atoms with van der Waals surface area (Å²) in [5.74, 6) is 1.26. The Morgan fingerprint density at radius 3 is 2.81 bits per heavy atom. The van der Waals surface area contributed by atoms with Crippen molar-refractivity contribution in [1.82, 2.24) is 14.9 Å². The fourth-order valence-electron chi connectivity index (χ4n) is 1.24. The Kier molecular flexibility index (Phi) is 4.98. The molecule has 0 aliphatic heterocycles. The van der Waals surface area contributed by atoms with E-state index in [0.717, 1.165) is 18.5 Å². The Morgan fingerprint density at radius 2 is 2.19 bits per heavy atom. The van der Waals surface area contributed by atoms with Gasteiger partial charge in [0.1, 0.15) is 0 Å². The molecule has 0 saturated carbocycles. The maximum absolute atomic E-state index is 5.61. The monoisotopic (exact) mass is 224 g/mol. The van der Waals surface area contributed by atoms with Gasteiger partial charge < -0.3 is 15.0 Å². The van der Waals surface area contributed by atoms with Gasteiger partial charge in [0.2, 0.25) is 11.8 Å². The van der Waals surface area contributed by atoms with Crippen molar-refractivity contribution in [2.45, 2.75) is 13.3 Å². The van der Waals surface area contributed by atoms with Gasteiger partial charge in [-0.15, -0.1) is 0 Å². The SMILES string of the molecule is CNc1ncc(C)c(OCCCN(C)C)n1. The zero-order chi connectivity index (χ0) is 12.0. The van der Waals surface area contributed by atoms with Gasteiger partial charge >= 0.3 is 0 Å². The minimum atomic E-state index is 0.591. The van der Waals surface area contributed by atoms with E-state index in [0.29, 0.717) is 18.4 Å². The van der Waals surface area contributed by atoms with E-state index in [4.69, 9.17) is 4.74 Å². The van der Waals surface area contributed by atoms with Crippen molar-refractivity contribution < 1.29 is 4.74 Å². The number of nitrogens with one attached hydrogen (secondary N) is 1. The van der Waals surface area contributed by atoms with Crippen molar-refractivity contribution in [3.8, 4) is 5.88 Å². The zero-order valence-electron chi connectivity index (χ0n) is 10.4. The molecule has 0 radical (unpaired) electrons. The van der Waals surface area contributed by atoms with Gasteiger partial charge in [-0.3, -0.25) is 0 Å². The highest BCUT2D eigenvalue weighted by molar-refractivity contribution is 5.31. The predicted octanol–water partition coefficient (Wildman–Crippen LogP) is 1.16. The van der Waals surface area contributed by atoms with Gasteiger partial charge in [0.05, 0.1) is 6.61 Å². The normalized spacial score (nSPS) is 10.6. The van der Waals surface area contributed by atoms with Crippen LogP contribution in [0.5, 0.6) is 5.88 Å². The average molecular weight is 224 g/mol. The quantitative estimate of drug-likeness (QED) is 0.735. The van der Waals surface area contributed by atoms with Crippen molar-refractivity contribution in [3.05, 3.63) is 11.8 Å². The molecule has 1 heterocycles. The number of anilines is 1. The van der Waals surface area contributed by atoms with E-state index in [-0.39, 0.29) is 0 Å². The molecule has 0 atom stereocenters. The van der Waals surface area contributed by atoms with E-state index in [9.17, 15) is 0 Å². The van der Waals surface area contributed by atoms with Gasteiger partial charge in [0.15, 0.2) is 0 Å². The van der Waals surface area contributed by atoms with Gasteiger partial charge in [0.25, 0.3) is 0 Å². The second-order valence-corrected chi connectivity index (χ2v) is 3.94. The van der Waals surface area contributed by atoms with Gasteiger partial charge in [-0.1, -0.05) is 0 Å². The molecule has 0 bridgehead atoms. The lowest BCUT2D eigenvalue weighted by molar-refractivity contribution is 0.271. The number of ether oxygens (including phenoxy) is 1. The van der Waals surface area contributed by atoms with Crippen LogP contribution in [0.3, 0.4) is 0 Å². The molecule has 0 unspecified atom stereocenters. The topological polar surface area (TPSA) is 50.3 Å². The zero-order valence-corrected chi connectivity index (χ0v) is 10.4. The van der Waals surface area contributed by atoms with Crippen LogP contribution in [-0.4, -0.2) is 49.2 Å². The molecule has 0 aliphatic rings. The standard InChI is InChI=1S/C11H20N4O/c1-9-8-13-11(12-2)14-10(9)16-7-5-6-15(3)4/h8H,5-7H2,1-4H3,(H,12,13,14). The van der Waals surface area contributed by atoms with Crippen LogP contribution in [0.25, 0.3) is 0 Å². The first kappa shape index (κ1) is 12.7. The Bertz CT molecular complexity index is 328. The molecule has 0 aliphatic carbocycles. The van der Waals surface area contributed by atoms with E-state index in [1.54, 1.807) is 13.2 Å². The predicted molar refractivity (Wildman–Crippen MR) is 65.0 cm³/mol. The van der Waals surface area contributed by atoms with E-state index >= 15 is 0 Å². The summed E-state index contributed by atoms with van der Waals surface area (Å²) in [4.78, 5) is 10.5. The van der Waals surface area contributed by atoms with Gasteiger partial charge in [-0.2, -0.15) is 4.98 Å². The number of aryl methyl sites for hydroxylation is 1. The molecule has 0 aromatic carbocycles. The lowest BCUT2D eigenvalue weighted by Gasteiger charge is -2.11. The minimum Gasteiger partial charge on any atom is -0.477 e. The number of hydrogen-bond donors (Lipinski definition) is 1. The van der Waals surface area contributed by atoms with Crippen LogP contribution < -0.4 is 10.1 Å². The highest BCUT2D eigenvalue weighted by atomic mass is 16.5. The second-order valence-electron chi connectivity index (χ2n) is 3.94. The highest BCUT2D eigenvalue weighted by Crippen LogP contribution is 2.14. The van der Waals surface area contributed by atoms with Crippen molar-refractivity contribution >= 4 is 5.95 Å². The molecule has 1 aromatic heterocycles. The summed E-state index contributed by atoms with van der Waals surface area (Å²) >= 11 is 0. The lowest BCUT2D eigenvalue weighted by Crippen LogP contribution is -2.16. The number of aromatic nitrogens is 2. The molecule has 1 rings (SSSR count). The molecule has 5 nitrogen and oxygen atoms in total. The van der Waals surface area contributed by atoms with Crippen LogP contribution >= 0.6 is 0 Å². The molecule has 0 amide bonds. The number of hydrogen-bond acceptors (Lipinski definition) is 5. The largest absolute Gasteiger partial charge is 0.477 e. The first-order valence-electron chi connectivity index (χ1n) is 5.42. The third kappa shape index (κ3) is 4.02.